The van der Waals surface area contributed by atoms with Gasteiger partial charge in [0.15, 0.2) is 0 Å². The largest absolute Gasteiger partial charge is 0.369 e. The third-order valence-electron chi connectivity index (χ3n) is 1.58. The summed E-state index contributed by atoms with van der Waals surface area (Å²) in [6.45, 7) is 5.98. The van der Waals surface area contributed by atoms with E-state index in [1.807, 2.05) is 13.8 Å². The van der Waals surface area contributed by atoms with Crippen LogP contribution >= 0.6 is 11.8 Å². The number of hydrogen-bond donors (Lipinski definition) is 1. The molecule has 0 fully saturated rings. The van der Waals surface area contributed by atoms with Gasteiger partial charge in [0.2, 0.25) is 5.91 Å². The Hall–Kier alpha value is -0.180. The van der Waals surface area contributed by atoms with E-state index in [0.717, 1.165) is 5.75 Å². The van der Waals surface area contributed by atoms with Gasteiger partial charge in [0.1, 0.15) is 0 Å². The minimum absolute atomic E-state index is 0.00931. The molecule has 10 heavy (non-hydrogen) atoms. The van der Waals surface area contributed by atoms with Crippen LogP contribution in [0.1, 0.15) is 20.8 Å². The van der Waals surface area contributed by atoms with Gasteiger partial charge in [0.05, 0.1) is 0 Å². The molecular formula is C7H15NOS. The maximum atomic E-state index is 10.6. The van der Waals surface area contributed by atoms with E-state index in [2.05, 4.69) is 6.92 Å². The van der Waals surface area contributed by atoms with Crippen LogP contribution in [0.2, 0.25) is 0 Å². The van der Waals surface area contributed by atoms with Crippen molar-refractivity contribution in [2.45, 2.75) is 26.0 Å². The Bertz CT molecular complexity index is 116. The van der Waals surface area contributed by atoms with Crippen molar-refractivity contribution in [1.82, 2.24) is 0 Å². The molecule has 0 aliphatic carbocycles. The predicted molar refractivity (Wildman–Crippen MR) is 46.0 cm³/mol. The van der Waals surface area contributed by atoms with Gasteiger partial charge in [-0.1, -0.05) is 20.8 Å². The highest BCUT2D eigenvalue weighted by molar-refractivity contribution is 7.99. The lowest BCUT2D eigenvalue weighted by Gasteiger charge is -2.14. The third-order valence-corrected chi connectivity index (χ3v) is 2.85. The summed E-state index contributed by atoms with van der Waals surface area (Å²) in [4.78, 5) is 10.6. The maximum Gasteiger partial charge on any atom is 0.221 e. The Morgan fingerprint density at radius 3 is 2.40 bits per heavy atom. The van der Waals surface area contributed by atoms with Gasteiger partial charge in [0.25, 0.3) is 0 Å². The number of nitrogens with two attached hydrogens (primary N) is 1. The number of carbonyl (C=O) groups excluding carboxylic acids is 1. The van der Waals surface area contributed by atoms with Gasteiger partial charge in [-0.2, -0.15) is 11.8 Å². The zero-order chi connectivity index (χ0) is 8.15. The molecule has 0 saturated heterocycles. The summed E-state index contributed by atoms with van der Waals surface area (Å²) in [7, 11) is 0. The molecule has 1 amide bonds. The third kappa shape index (κ3) is 3.11. The molecule has 2 N–H and O–H groups in total. The van der Waals surface area contributed by atoms with Gasteiger partial charge in [-0.25, -0.2) is 0 Å². The van der Waals surface area contributed by atoms with E-state index in [0.29, 0.717) is 5.25 Å². The lowest BCUT2D eigenvalue weighted by Crippen LogP contribution is -2.27. The number of thioether (sulfide) groups is 1. The first kappa shape index (κ1) is 9.82. The van der Waals surface area contributed by atoms with E-state index in [1.165, 1.54) is 0 Å². The molecule has 0 aromatic carbocycles. The van der Waals surface area contributed by atoms with Crippen LogP contribution in [0.25, 0.3) is 0 Å². The van der Waals surface area contributed by atoms with Crippen molar-refractivity contribution in [3.05, 3.63) is 0 Å². The molecule has 0 spiro atoms. The fourth-order valence-electron chi connectivity index (χ4n) is 0.639. The lowest BCUT2D eigenvalue weighted by molar-refractivity contribution is -0.121. The van der Waals surface area contributed by atoms with Crippen LogP contribution in [-0.4, -0.2) is 16.9 Å². The summed E-state index contributed by atoms with van der Waals surface area (Å²) in [6, 6.07) is 0. The highest BCUT2D eigenvalue weighted by Crippen LogP contribution is 2.17. The van der Waals surface area contributed by atoms with Gasteiger partial charge < -0.3 is 5.73 Å². The van der Waals surface area contributed by atoms with E-state index < -0.39 is 0 Å². The van der Waals surface area contributed by atoms with Gasteiger partial charge in [-0.3, -0.25) is 4.79 Å². The van der Waals surface area contributed by atoms with Crippen LogP contribution in [0.5, 0.6) is 0 Å². The Morgan fingerprint density at radius 1 is 1.60 bits per heavy atom. The first-order valence-electron chi connectivity index (χ1n) is 3.50. The second kappa shape index (κ2) is 4.61. The molecular weight excluding hydrogens is 146 g/mol. The first-order valence-corrected chi connectivity index (χ1v) is 4.55. The van der Waals surface area contributed by atoms with Crippen LogP contribution in [0.4, 0.5) is 0 Å². The summed E-state index contributed by atoms with van der Waals surface area (Å²) in [5, 5.41) is 0.350. The summed E-state index contributed by atoms with van der Waals surface area (Å²) in [5.74, 6) is 0.831. The fourth-order valence-corrected chi connectivity index (χ4v) is 1.59. The quantitative estimate of drug-likeness (QED) is 0.674. The number of rotatable bonds is 4. The van der Waals surface area contributed by atoms with E-state index in [4.69, 9.17) is 5.73 Å². The molecule has 0 aliphatic rings. The molecule has 2 unspecified atom stereocenters. The molecule has 3 heteroatoms. The van der Waals surface area contributed by atoms with Crippen molar-refractivity contribution in [3.8, 4) is 0 Å². The number of primary amides is 1. The predicted octanol–water partition coefficient (Wildman–Crippen LogP) is 1.25. The van der Waals surface area contributed by atoms with E-state index in [1.54, 1.807) is 11.8 Å². The zero-order valence-electron chi connectivity index (χ0n) is 6.76. The summed E-state index contributed by atoms with van der Waals surface area (Å²) in [6.07, 6.45) is 0. The van der Waals surface area contributed by atoms with Gasteiger partial charge in [-0.05, 0) is 5.75 Å². The summed E-state index contributed by atoms with van der Waals surface area (Å²) >= 11 is 1.77. The summed E-state index contributed by atoms with van der Waals surface area (Å²) in [5.41, 5.74) is 5.11. The van der Waals surface area contributed by atoms with Crippen LogP contribution in [0.3, 0.4) is 0 Å². The van der Waals surface area contributed by atoms with Crippen LogP contribution in [0, 0.1) is 5.92 Å². The van der Waals surface area contributed by atoms with E-state index in [9.17, 15) is 4.79 Å². The molecule has 0 aromatic heterocycles. The molecule has 2 nitrogen and oxygen atoms in total. The molecule has 0 rings (SSSR count). The summed E-state index contributed by atoms with van der Waals surface area (Å²) < 4.78 is 0. The highest BCUT2D eigenvalue weighted by atomic mass is 32.2. The standard InChI is InChI=1S/C7H15NOS/c1-4-10-6(3)5(2)7(8)9/h5-6H,4H2,1-3H3,(H2,8,9). The molecule has 0 aliphatic heterocycles. The Morgan fingerprint density at radius 2 is 2.10 bits per heavy atom. The molecule has 0 heterocycles. The number of hydrogen-bond acceptors (Lipinski definition) is 2. The Kier molecular flexibility index (Phi) is 4.52. The molecule has 0 aromatic rings. The van der Waals surface area contributed by atoms with Crippen molar-refractivity contribution in [3.63, 3.8) is 0 Å². The number of amides is 1. The van der Waals surface area contributed by atoms with Crippen molar-refractivity contribution in [2.24, 2.45) is 11.7 Å². The number of carbonyl (C=O) groups is 1. The smallest absolute Gasteiger partial charge is 0.221 e. The molecule has 0 radical (unpaired) electrons. The van der Waals surface area contributed by atoms with Gasteiger partial charge in [-0.15, -0.1) is 0 Å². The lowest BCUT2D eigenvalue weighted by atomic mass is 10.1. The minimum Gasteiger partial charge on any atom is -0.369 e. The monoisotopic (exact) mass is 161 g/mol. The van der Waals surface area contributed by atoms with E-state index >= 15 is 0 Å². The molecule has 0 bridgehead atoms. The van der Waals surface area contributed by atoms with Gasteiger partial charge >= 0.3 is 0 Å². The first-order chi connectivity index (χ1) is 4.59. The Balaban J connectivity index is 3.69. The van der Waals surface area contributed by atoms with Crippen LogP contribution < -0.4 is 5.73 Å². The zero-order valence-corrected chi connectivity index (χ0v) is 7.57. The molecule has 0 saturated carbocycles. The molecule has 2 atom stereocenters. The highest BCUT2D eigenvalue weighted by Gasteiger charge is 2.16. The average molecular weight is 161 g/mol. The average Bonchev–Trinajstić information content (AvgIpc) is 1.87. The topological polar surface area (TPSA) is 43.1 Å². The van der Waals surface area contributed by atoms with Gasteiger partial charge in [0, 0.05) is 11.2 Å². The maximum absolute atomic E-state index is 10.6. The van der Waals surface area contributed by atoms with Crippen molar-refractivity contribution < 1.29 is 4.79 Å². The van der Waals surface area contributed by atoms with Crippen molar-refractivity contribution >= 4 is 17.7 Å². The van der Waals surface area contributed by atoms with E-state index in [-0.39, 0.29) is 11.8 Å². The second-order valence-corrected chi connectivity index (χ2v) is 4.01. The van der Waals surface area contributed by atoms with Crippen LogP contribution in [0.15, 0.2) is 0 Å². The van der Waals surface area contributed by atoms with Crippen molar-refractivity contribution in [2.75, 3.05) is 5.75 Å². The van der Waals surface area contributed by atoms with Crippen LogP contribution in [-0.2, 0) is 4.79 Å². The normalized spacial score (nSPS) is 16.3. The fraction of sp³-hybridized carbons (Fsp3) is 0.857. The second-order valence-electron chi connectivity index (χ2n) is 2.35. The Labute approximate surface area is 66.6 Å². The van der Waals surface area contributed by atoms with Crippen molar-refractivity contribution in [1.29, 1.82) is 0 Å². The molecule has 60 valence electrons. The SMILES string of the molecule is CCSC(C)C(C)C(N)=O. The minimum atomic E-state index is -0.201.